The second kappa shape index (κ2) is 6.59. The van der Waals surface area contributed by atoms with Crippen molar-refractivity contribution in [3.8, 4) is 0 Å². The summed E-state index contributed by atoms with van der Waals surface area (Å²) in [5.74, 6) is 0.0643. The maximum Gasteiger partial charge on any atom is 0.390 e. The van der Waals surface area contributed by atoms with Gasteiger partial charge in [0.15, 0.2) is 0 Å². The maximum atomic E-state index is 12.7. The molecule has 1 fully saturated rings. The summed E-state index contributed by atoms with van der Waals surface area (Å²) in [7, 11) is 0. The minimum Gasteiger partial charge on any atom is -0.393 e. The SMILES string of the molecule is OC1CCCC1CNC(CC(F)(F)F)c1ccccc1. The van der Waals surface area contributed by atoms with E-state index in [2.05, 4.69) is 5.32 Å². The van der Waals surface area contributed by atoms with Gasteiger partial charge < -0.3 is 10.4 Å². The van der Waals surface area contributed by atoms with Crippen molar-refractivity contribution in [1.82, 2.24) is 5.32 Å². The highest BCUT2D eigenvalue weighted by atomic mass is 19.4. The van der Waals surface area contributed by atoms with Crippen LogP contribution in [0.15, 0.2) is 30.3 Å². The number of aliphatic hydroxyl groups is 1. The molecule has 0 spiro atoms. The molecule has 0 amide bonds. The summed E-state index contributed by atoms with van der Waals surface area (Å²) in [6, 6.07) is 7.93. The van der Waals surface area contributed by atoms with Crippen molar-refractivity contribution in [2.75, 3.05) is 6.54 Å². The summed E-state index contributed by atoms with van der Waals surface area (Å²) in [5, 5.41) is 12.7. The van der Waals surface area contributed by atoms with Gasteiger partial charge in [-0.05, 0) is 24.3 Å². The molecule has 5 heteroatoms. The van der Waals surface area contributed by atoms with E-state index in [1.54, 1.807) is 30.3 Å². The maximum absolute atomic E-state index is 12.7. The van der Waals surface area contributed by atoms with Crippen LogP contribution in [0.25, 0.3) is 0 Å². The molecule has 2 N–H and O–H groups in total. The smallest absolute Gasteiger partial charge is 0.390 e. The highest BCUT2D eigenvalue weighted by Crippen LogP contribution is 2.31. The molecule has 0 radical (unpaired) electrons. The van der Waals surface area contributed by atoms with Gasteiger partial charge in [0, 0.05) is 12.6 Å². The molecule has 1 aliphatic carbocycles. The lowest BCUT2D eigenvalue weighted by Gasteiger charge is -2.24. The van der Waals surface area contributed by atoms with E-state index in [0.717, 1.165) is 19.3 Å². The van der Waals surface area contributed by atoms with Gasteiger partial charge in [0.25, 0.3) is 0 Å². The zero-order valence-corrected chi connectivity index (χ0v) is 11.2. The van der Waals surface area contributed by atoms with Crippen molar-refractivity contribution in [1.29, 1.82) is 0 Å². The average molecular weight is 287 g/mol. The number of nitrogens with one attached hydrogen (secondary N) is 1. The van der Waals surface area contributed by atoms with E-state index in [9.17, 15) is 18.3 Å². The lowest BCUT2D eigenvalue weighted by atomic mass is 10.0. The van der Waals surface area contributed by atoms with Crippen LogP contribution in [-0.4, -0.2) is 23.9 Å². The van der Waals surface area contributed by atoms with Crippen molar-refractivity contribution in [2.24, 2.45) is 5.92 Å². The molecule has 1 aromatic carbocycles. The van der Waals surface area contributed by atoms with Crippen LogP contribution in [0.4, 0.5) is 13.2 Å². The highest BCUT2D eigenvalue weighted by molar-refractivity contribution is 5.19. The normalized spacial score (nSPS) is 24.8. The van der Waals surface area contributed by atoms with Crippen molar-refractivity contribution >= 4 is 0 Å². The van der Waals surface area contributed by atoms with Gasteiger partial charge in [-0.25, -0.2) is 0 Å². The van der Waals surface area contributed by atoms with Crippen LogP contribution in [0.1, 0.15) is 37.3 Å². The van der Waals surface area contributed by atoms with Crippen LogP contribution >= 0.6 is 0 Å². The van der Waals surface area contributed by atoms with Gasteiger partial charge in [-0.15, -0.1) is 0 Å². The molecule has 2 nitrogen and oxygen atoms in total. The Morgan fingerprint density at radius 3 is 2.45 bits per heavy atom. The van der Waals surface area contributed by atoms with E-state index in [0.29, 0.717) is 12.1 Å². The summed E-state index contributed by atoms with van der Waals surface area (Å²) in [6.45, 7) is 0.427. The van der Waals surface area contributed by atoms with Gasteiger partial charge in [0.2, 0.25) is 0 Å². The molecule has 1 saturated carbocycles. The molecular formula is C15H20F3NO. The molecule has 0 bridgehead atoms. The Kier molecular flexibility index (Phi) is 5.05. The molecule has 1 aliphatic rings. The fourth-order valence-electron chi connectivity index (χ4n) is 2.77. The van der Waals surface area contributed by atoms with Gasteiger partial charge in [-0.3, -0.25) is 0 Å². The number of benzene rings is 1. The van der Waals surface area contributed by atoms with E-state index in [1.165, 1.54) is 0 Å². The van der Waals surface area contributed by atoms with Crippen LogP contribution in [0, 0.1) is 5.92 Å². The largest absolute Gasteiger partial charge is 0.393 e. The Balaban J connectivity index is 1.99. The minimum absolute atomic E-state index is 0.0643. The summed E-state index contributed by atoms with van der Waals surface area (Å²) < 4.78 is 38.0. The summed E-state index contributed by atoms with van der Waals surface area (Å²) in [4.78, 5) is 0. The van der Waals surface area contributed by atoms with Gasteiger partial charge >= 0.3 is 6.18 Å². The van der Waals surface area contributed by atoms with Crippen molar-refractivity contribution in [3.63, 3.8) is 0 Å². The number of aliphatic hydroxyl groups excluding tert-OH is 1. The standard InChI is InChI=1S/C15H20F3NO/c16-15(17,18)9-13(11-5-2-1-3-6-11)19-10-12-7-4-8-14(12)20/h1-3,5-6,12-14,19-20H,4,7-10H2. The van der Waals surface area contributed by atoms with Gasteiger partial charge in [0.1, 0.15) is 0 Å². The van der Waals surface area contributed by atoms with Gasteiger partial charge in [0.05, 0.1) is 12.5 Å². The number of hydrogen-bond donors (Lipinski definition) is 2. The zero-order chi connectivity index (χ0) is 14.6. The first-order valence-corrected chi connectivity index (χ1v) is 6.99. The van der Waals surface area contributed by atoms with Crippen molar-refractivity contribution in [3.05, 3.63) is 35.9 Å². The highest BCUT2D eigenvalue weighted by Gasteiger charge is 2.33. The molecule has 0 aromatic heterocycles. The van der Waals surface area contributed by atoms with Crippen molar-refractivity contribution < 1.29 is 18.3 Å². The Bertz CT molecular complexity index is 407. The molecule has 0 aliphatic heterocycles. The van der Waals surface area contributed by atoms with Gasteiger partial charge in [-0.1, -0.05) is 36.8 Å². The summed E-state index contributed by atoms with van der Waals surface area (Å²) in [5.41, 5.74) is 0.636. The van der Waals surface area contributed by atoms with E-state index >= 15 is 0 Å². The van der Waals surface area contributed by atoms with Crippen LogP contribution in [-0.2, 0) is 0 Å². The second-order valence-electron chi connectivity index (χ2n) is 5.45. The first-order chi connectivity index (χ1) is 9.46. The number of halogens is 3. The van der Waals surface area contributed by atoms with E-state index < -0.39 is 18.6 Å². The molecule has 20 heavy (non-hydrogen) atoms. The molecule has 0 heterocycles. The predicted octanol–water partition coefficient (Wildman–Crippen LogP) is 3.43. The Morgan fingerprint density at radius 2 is 1.90 bits per heavy atom. The van der Waals surface area contributed by atoms with E-state index in [1.807, 2.05) is 0 Å². The lowest BCUT2D eigenvalue weighted by Crippen LogP contribution is -2.33. The first-order valence-electron chi connectivity index (χ1n) is 6.99. The molecule has 3 atom stereocenters. The minimum atomic E-state index is -4.21. The Morgan fingerprint density at radius 1 is 1.20 bits per heavy atom. The lowest BCUT2D eigenvalue weighted by molar-refractivity contribution is -0.140. The quantitative estimate of drug-likeness (QED) is 0.869. The second-order valence-corrected chi connectivity index (χ2v) is 5.45. The first kappa shape index (κ1) is 15.3. The van der Waals surface area contributed by atoms with Gasteiger partial charge in [-0.2, -0.15) is 13.2 Å². The number of alkyl halides is 3. The third kappa shape index (κ3) is 4.49. The third-order valence-corrected chi connectivity index (χ3v) is 3.88. The van der Waals surface area contributed by atoms with Crippen LogP contribution in [0.3, 0.4) is 0 Å². The Labute approximate surface area is 117 Å². The predicted molar refractivity (Wildman–Crippen MR) is 71.2 cm³/mol. The number of rotatable bonds is 5. The monoisotopic (exact) mass is 287 g/mol. The van der Waals surface area contributed by atoms with Crippen LogP contribution < -0.4 is 5.32 Å². The molecule has 0 saturated heterocycles. The summed E-state index contributed by atoms with van der Waals surface area (Å²) >= 11 is 0. The molecule has 112 valence electrons. The Hall–Kier alpha value is -1.07. The average Bonchev–Trinajstić information content (AvgIpc) is 2.80. The molecule has 1 aromatic rings. The molecule has 3 unspecified atom stereocenters. The fraction of sp³-hybridized carbons (Fsp3) is 0.600. The van der Waals surface area contributed by atoms with Crippen LogP contribution in [0.5, 0.6) is 0 Å². The topological polar surface area (TPSA) is 32.3 Å². The van der Waals surface area contributed by atoms with Crippen molar-refractivity contribution in [2.45, 2.75) is 44.0 Å². The van der Waals surface area contributed by atoms with E-state index in [-0.39, 0.29) is 12.0 Å². The zero-order valence-electron chi connectivity index (χ0n) is 11.2. The molecular weight excluding hydrogens is 267 g/mol. The summed E-state index contributed by atoms with van der Waals surface area (Å²) in [6.07, 6.45) is -2.90. The number of hydrogen-bond acceptors (Lipinski definition) is 2. The fourth-order valence-corrected chi connectivity index (χ4v) is 2.77. The van der Waals surface area contributed by atoms with E-state index in [4.69, 9.17) is 0 Å². The third-order valence-electron chi connectivity index (χ3n) is 3.88. The van der Waals surface area contributed by atoms with Crippen LogP contribution in [0.2, 0.25) is 0 Å². The molecule has 2 rings (SSSR count).